The average molecular weight is 287 g/mol. The van der Waals surface area contributed by atoms with E-state index in [0.717, 1.165) is 18.2 Å². The third kappa shape index (κ3) is 3.94. The molecule has 0 aliphatic rings. The summed E-state index contributed by atoms with van der Waals surface area (Å²) in [5, 5.41) is 28.2. The summed E-state index contributed by atoms with van der Waals surface area (Å²) in [7, 11) is 0. The van der Waals surface area contributed by atoms with Gasteiger partial charge in [-0.15, -0.1) is 24.8 Å². The zero-order valence-corrected chi connectivity index (χ0v) is 9.61. The van der Waals surface area contributed by atoms with Crippen molar-refractivity contribution in [2.75, 3.05) is 5.88 Å². The number of hydrogen-bond donors (Lipinski definition) is 3. The van der Waals surface area contributed by atoms with Crippen LogP contribution >= 0.6 is 11.6 Å². The van der Waals surface area contributed by atoms with Crippen molar-refractivity contribution in [3.63, 3.8) is 0 Å². The number of benzene rings is 1. The Morgan fingerprint density at radius 1 is 1.28 bits per heavy atom. The SMILES string of the molecule is Oc1ccc(OC(F)(F)F)cc1C(O)C(O)CCl. The number of aliphatic hydroxyl groups excluding tert-OH is 2. The molecular formula is C10H10ClF3O4. The minimum atomic E-state index is -4.88. The van der Waals surface area contributed by atoms with Crippen LogP contribution in [0.25, 0.3) is 0 Å². The molecule has 2 unspecified atom stereocenters. The highest BCUT2D eigenvalue weighted by Crippen LogP contribution is 2.32. The van der Waals surface area contributed by atoms with Crippen molar-refractivity contribution >= 4 is 11.6 Å². The molecule has 0 aliphatic heterocycles. The molecule has 0 radical (unpaired) electrons. The Kier molecular flexibility index (Phi) is 4.66. The van der Waals surface area contributed by atoms with Gasteiger partial charge in [0.05, 0.1) is 12.0 Å². The van der Waals surface area contributed by atoms with Crippen molar-refractivity contribution in [2.24, 2.45) is 0 Å². The van der Waals surface area contributed by atoms with Crippen molar-refractivity contribution in [3.8, 4) is 11.5 Å². The first kappa shape index (κ1) is 14.9. The molecule has 2 atom stereocenters. The fraction of sp³-hybridized carbons (Fsp3) is 0.400. The molecule has 0 aliphatic carbocycles. The number of hydrogen-bond acceptors (Lipinski definition) is 4. The molecule has 1 aromatic rings. The number of rotatable bonds is 4. The van der Waals surface area contributed by atoms with Crippen LogP contribution in [0, 0.1) is 0 Å². The van der Waals surface area contributed by atoms with Crippen LogP contribution in [-0.4, -0.2) is 33.7 Å². The smallest absolute Gasteiger partial charge is 0.508 e. The van der Waals surface area contributed by atoms with Gasteiger partial charge in [-0.1, -0.05) is 0 Å². The van der Waals surface area contributed by atoms with E-state index in [1.165, 1.54) is 0 Å². The van der Waals surface area contributed by atoms with E-state index in [-0.39, 0.29) is 11.4 Å². The summed E-state index contributed by atoms with van der Waals surface area (Å²) in [5.41, 5.74) is -0.301. The zero-order valence-electron chi connectivity index (χ0n) is 8.86. The molecule has 3 N–H and O–H groups in total. The molecule has 4 nitrogen and oxygen atoms in total. The van der Waals surface area contributed by atoms with Gasteiger partial charge in [0.15, 0.2) is 0 Å². The lowest BCUT2D eigenvalue weighted by atomic mass is 10.0. The normalized spacial score (nSPS) is 15.2. The molecule has 18 heavy (non-hydrogen) atoms. The van der Waals surface area contributed by atoms with Gasteiger partial charge >= 0.3 is 6.36 Å². The van der Waals surface area contributed by atoms with E-state index in [9.17, 15) is 28.5 Å². The molecular weight excluding hydrogens is 277 g/mol. The summed E-state index contributed by atoms with van der Waals surface area (Å²) in [4.78, 5) is 0. The van der Waals surface area contributed by atoms with E-state index >= 15 is 0 Å². The Hall–Kier alpha value is -1.18. The first-order valence-corrected chi connectivity index (χ1v) is 5.29. The van der Waals surface area contributed by atoms with Crippen LogP contribution in [0.15, 0.2) is 18.2 Å². The fourth-order valence-corrected chi connectivity index (χ4v) is 1.43. The quantitative estimate of drug-likeness (QED) is 0.740. The standard InChI is InChI=1S/C10H10ClF3O4/c11-4-8(16)9(17)6-3-5(1-2-7(6)15)18-10(12,13)14/h1-3,8-9,15-17H,4H2. The minimum Gasteiger partial charge on any atom is -0.508 e. The predicted octanol–water partition coefficient (Wildman–Crippen LogP) is 1.92. The number of phenolic OH excluding ortho intramolecular Hbond substituents is 1. The van der Waals surface area contributed by atoms with Crippen LogP contribution < -0.4 is 4.74 Å². The van der Waals surface area contributed by atoms with Gasteiger partial charge in [-0.2, -0.15) is 0 Å². The number of phenols is 1. The topological polar surface area (TPSA) is 69.9 Å². The van der Waals surface area contributed by atoms with Gasteiger partial charge in [0.25, 0.3) is 0 Å². The second-order valence-electron chi connectivity index (χ2n) is 3.43. The number of halogens is 4. The maximum absolute atomic E-state index is 12.0. The minimum absolute atomic E-state index is 0.301. The van der Waals surface area contributed by atoms with Gasteiger partial charge in [0.1, 0.15) is 17.6 Å². The van der Waals surface area contributed by atoms with Crippen LogP contribution in [0.1, 0.15) is 11.7 Å². The van der Waals surface area contributed by atoms with Crippen molar-refractivity contribution in [3.05, 3.63) is 23.8 Å². The molecule has 0 amide bonds. The second kappa shape index (κ2) is 5.64. The highest BCUT2D eigenvalue weighted by atomic mass is 35.5. The van der Waals surface area contributed by atoms with Gasteiger partial charge in [0.2, 0.25) is 0 Å². The highest BCUT2D eigenvalue weighted by molar-refractivity contribution is 6.18. The molecule has 8 heteroatoms. The maximum Gasteiger partial charge on any atom is 0.573 e. The Morgan fingerprint density at radius 2 is 1.89 bits per heavy atom. The summed E-state index contributed by atoms with van der Waals surface area (Å²) in [6.07, 6.45) is -7.91. The fourth-order valence-electron chi connectivity index (χ4n) is 1.26. The summed E-state index contributed by atoms with van der Waals surface area (Å²) >= 11 is 5.29. The molecule has 0 saturated heterocycles. The Balaban J connectivity index is 3.01. The lowest BCUT2D eigenvalue weighted by Crippen LogP contribution is -2.21. The van der Waals surface area contributed by atoms with Gasteiger partial charge in [-0.25, -0.2) is 0 Å². The van der Waals surface area contributed by atoms with E-state index in [1.807, 2.05) is 0 Å². The first-order chi connectivity index (χ1) is 8.24. The average Bonchev–Trinajstić information content (AvgIpc) is 2.28. The van der Waals surface area contributed by atoms with Gasteiger partial charge < -0.3 is 20.1 Å². The van der Waals surface area contributed by atoms with Gasteiger partial charge in [-0.05, 0) is 18.2 Å². The lowest BCUT2D eigenvalue weighted by Gasteiger charge is -2.18. The third-order valence-corrected chi connectivity index (χ3v) is 2.39. The molecule has 0 aromatic heterocycles. The molecule has 0 heterocycles. The highest BCUT2D eigenvalue weighted by Gasteiger charge is 2.32. The second-order valence-corrected chi connectivity index (χ2v) is 3.74. The van der Waals surface area contributed by atoms with E-state index < -0.39 is 30.1 Å². The van der Waals surface area contributed by atoms with Crippen molar-refractivity contribution in [2.45, 2.75) is 18.6 Å². The Morgan fingerprint density at radius 3 is 2.39 bits per heavy atom. The number of ether oxygens (including phenoxy) is 1. The molecule has 1 rings (SSSR count). The predicted molar refractivity (Wildman–Crippen MR) is 56.5 cm³/mol. The summed E-state index contributed by atoms with van der Waals surface area (Å²) in [6, 6.07) is 2.58. The number of aliphatic hydroxyl groups is 2. The molecule has 0 fully saturated rings. The molecule has 0 spiro atoms. The summed E-state index contributed by atoms with van der Waals surface area (Å²) in [6.45, 7) is 0. The number of alkyl halides is 4. The zero-order chi connectivity index (χ0) is 13.9. The Bertz CT molecular complexity index is 411. The summed E-state index contributed by atoms with van der Waals surface area (Å²) in [5.74, 6) is -1.43. The van der Waals surface area contributed by atoms with Crippen LogP contribution in [0.5, 0.6) is 11.5 Å². The van der Waals surface area contributed by atoms with Crippen molar-refractivity contribution in [1.82, 2.24) is 0 Å². The van der Waals surface area contributed by atoms with Crippen molar-refractivity contribution in [1.29, 1.82) is 0 Å². The largest absolute Gasteiger partial charge is 0.573 e. The lowest BCUT2D eigenvalue weighted by molar-refractivity contribution is -0.274. The Labute approximate surface area is 105 Å². The molecule has 0 saturated carbocycles. The van der Waals surface area contributed by atoms with Crippen molar-refractivity contribution < 1.29 is 33.2 Å². The first-order valence-electron chi connectivity index (χ1n) is 4.75. The molecule has 0 bridgehead atoms. The van der Waals surface area contributed by atoms with Gasteiger partial charge in [0, 0.05) is 5.56 Å². The molecule has 1 aromatic carbocycles. The molecule has 102 valence electrons. The monoisotopic (exact) mass is 286 g/mol. The van der Waals surface area contributed by atoms with E-state index in [0.29, 0.717) is 0 Å². The third-order valence-electron chi connectivity index (χ3n) is 2.07. The van der Waals surface area contributed by atoms with E-state index in [4.69, 9.17) is 11.6 Å². The van der Waals surface area contributed by atoms with E-state index in [2.05, 4.69) is 4.74 Å². The maximum atomic E-state index is 12.0. The van der Waals surface area contributed by atoms with Gasteiger partial charge in [-0.3, -0.25) is 0 Å². The van der Waals surface area contributed by atoms with E-state index in [1.54, 1.807) is 0 Å². The van der Waals surface area contributed by atoms with Crippen LogP contribution in [0.4, 0.5) is 13.2 Å². The van der Waals surface area contributed by atoms with Crippen LogP contribution in [-0.2, 0) is 0 Å². The van der Waals surface area contributed by atoms with Crippen LogP contribution in [0.3, 0.4) is 0 Å². The number of aromatic hydroxyl groups is 1. The van der Waals surface area contributed by atoms with Crippen LogP contribution in [0.2, 0.25) is 0 Å². The summed E-state index contributed by atoms with van der Waals surface area (Å²) < 4.78 is 39.6.